The number of rotatable bonds is 6. The molecule has 1 fully saturated rings. The molecule has 3 nitrogen and oxygen atoms in total. The van der Waals surface area contributed by atoms with Gasteiger partial charge in [0.25, 0.3) is 0 Å². The summed E-state index contributed by atoms with van der Waals surface area (Å²) in [6, 6.07) is 9.14. The zero-order valence-corrected chi connectivity index (χ0v) is 16.1. The molecule has 1 N–H and O–H groups in total. The van der Waals surface area contributed by atoms with Crippen LogP contribution in [0.2, 0.25) is 0 Å². The Hall–Kier alpha value is -2.82. The number of H-pyrrole nitrogens is 1. The van der Waals surface area contributed by atoms with Crippen molar-refractivity contribution in [2.75, 3.05) is 0 Å². The Morgan fingerprint density at radius 2 is 1.90 bits per heavy atom. The molecule has 1 unspecified atom stereocenters. The van der Waals surface area contributed by atoms with Crippen LogP contribution >= 0.6 is 0 Å². The smallest absolute Gasteiger partial charge is 0.166 e. The Morgan fingerprint density at radius 1 is 1.10 bits per heavy atom. The van der Waals surface area contributed by atoms with Gasteiger partial charge in [-0.05, 0) is 54.2 Å². The van der Waals surface area contributed by atoms with Gasteiger partial charge in [-0.15, -0.1) is 0 Å². The van der Waals surface area contributed by atoms with Gasteiger partial charge < -0.3 is 9.78 Å². The van der Waals surface area contributed by atoms with E-state index >= 15 is 0 Å². The zero-order chi connectivity index (χ0) is 20.4. The second kappa shape index (κ2) is 8.27. The lowest BCUT2D eigenvalue weighted by molar-refractivity contribution is -0.109. The van der Waals surface area contributed by atoms with E-state index in [2.05, 4.69) is 17.1 Å². The van der Waals surface area contributed by atoms with Gasteiger partial charge in [-0.1, -0.05) is 25.3 Å². The summed E-state index contributed by atoms with van der Waals surface area (Å²) in [7, 11) is 0. The molecule has 0 amide bonds. The van der Waals surface area contributed by atoms with E-state index in [9.17, 15) is 18.4 Å². The van der Waals surface area contributed by atoms with E-state index in [0.29, 0.717) is 12.0 Å². The van der Waals surface area contributed by atoms with Crippen LogP contribution in [0.4, 0.5) is 8.78 Å². The first-order chi connectivity index (χ1) is 14.1. The Morgan fingerprint density at radius 3 is 2.62 bits per heavy atom. The van der Waals surface area contributed by atoms with E-state index in [1.165, 1.54) is 37.7 Å². The van der Waals surface area contributed by atoms with Gasteiger partial charge in [0.15, 0.2) is 5.78 Å². The van der Waals surface area contributed by atoms with Crippen molar-refractivity contribution in [3.05, 3.63) is 70.9 Å². The van der Waals surface area contributed by atoms with E-state index in [1.807, 2.05) is 6.07 Å². The van der Waals surface area contributed by atoms with Gasteiger partial charge in [0.1, 0.15) is 17.9 Å². The molecule has 1 aliphatic rings. The molecule has 0 saturated heterocycles. The summed E-state index contributed by atoms with van der Waals surface area (Å²) in [5.74, 6) is -2.32. The fourth-order valence-electron chi connectivity index (χ4n) is 4.41. The van der Waals surface area contributed by atoms with Gasteiger partial charge in [0, 0.05) is 35.5 Å². The van der Waals surface area contributed by atoms with Crippen LogP contribution in [0.25, 0.3) is 10.9 Å². The van der Waals surface area contributed by atoms with Crippen molar-refractivity contribution >= 4 is 23.0 Å². The Labute approximate surface area is 168 Å². The average molecular weight is 395 g/mol. The predicted molar refractivity (Wildman–Crippen MR) is 108 cm³/mol. The number of benzene rings is 2. The Kier molecular flexibility index (Phi) is 5.56. The van der Waals surface area contributed by atoms with Gasteiger partial charge in [0.05, 0.1) is 5.56 Å². The van der Waals surface area contributed by atoms with Gasteiger partial charge >= 0.3 is 0 Å². The minimum Gasteiger partial charge on any atom is -0.361 e. The van der Waals surface area contributed by atoms with Crippen molar-refractivity contribution in [2.24, 2.45) is 0 Å². The van der Waals surface area contributed by atoms with Crippen LogP contribution < -0.4 is 0 Å². The minimum atomic E-state index is -0.904. The fourth-order valence-corrected chi connectivity index (χ4v) is 4.41. The molecule has 1 aliphatic carbocycles. The molecule has 29 heavy (non-hydrogen) atoms. The van der Waals surface area contributed by atoms with Crippen LogP contribution in [0.15, 0.2) is 42.6 Å². The van der Waals surface area contributed by atoms with Gasteiger partial charge in [-0.2, -0.15) is 0 Å². The molecule has 0 spiro atoms. The van der Waals surface area contributed by atoms with E-state index in [1.54, 1.807) is 6.20 Å². The summed E-state index contributed by atoms with van der Waals surface area (Å²) < 4.78 is 27.1. The van der Waals surface area contributed by atoms with Crippen molar-refractivity contribution in [3.63, 3.8) is 0 Å². The summed E-state index contributed by atoms with van der Waals surface area (Å²) >= 11 is 0. The first-order valence-electron chi connectivity index (χ1n) is 10.1. The number of aromatic amines is 1. The van der Waals surface area contributed by atoms with E-state index < -0.39 is 23.3 Å². The normalized spacial score (nSPS) is 16.1. The number of ketones is 1. The summed E-state index contributed by atoms with van der Waals surface area (Å²) in [6.07, 6.45) is 8.41. The van der Waals surface area contributed by atoms with E-state index in [-0.39, 0.29) is 12.0 Å². The highest BCUT2D eigenvalue weighted by Crippen LogP contribution is 2.36. The maximum absolute atomic E-state index is 14.0. The molecular weight excluding hydrogens is 372 g/mol. The molecule has 0 bridgehead atoms. The molecule has 5 heteroatoms. The number of nitrogens with one attached hydrogen (secondary N) is 1. The van der Waals surface area contributed by atoms with Crippen molar-refractivity contribution < 1.29 is 18.4 Å². The summed E-state index contributed by atoms with van der Waals surface area (Å²) in [5, 5.41) is 0.928. The standard InChI is InChI=1S/C24H23F2NO2/c25-18-7-8-19(22(26)12-18)24(29)11-17(14-28)21-13-27-23-9-6-16(10-20(21)23)15-4-2-1-3-5-15/h6-10,12-15,17,27H,1-5,11H2. The molecule has 4 rings (SSSR count). The molecule has 1 saturated carbocycles. The highest BCUT2D eigenvalue weighted by molar-refractivity contribution is 5.99. The molecule has 1 atom stereocenters. The maximum atomic E-state index is 14.0. The van der Waals surface area contributed by atoms with Crippen LogP contribution in [-0.2, 0) is 4.79 Å². The quantitative estimate of drug-likeness (QED) is 0.408. The molecule has 0 aliphatic heterocycles. The largest absolute Gasteiger partial charge is 0.361 e. The van der Waals surface area contributed by atoms with Crippen molar-refractivity contribution in [3.8, 4) is 0 Å². The molecule has 1 heterocycles. The molecule has 3 aromatic rings. The van der Waals surface area contributed by atoms with Crippen LogP contribution in [0.1, 0.15) is 71.8 Å². The molecular formula is C24H23F2NO2. The van der Waals surface area contributed by atoms with Crippen LogP contribution in [0, 0.1) is 11.6 Å². The van der Waals surface area contributed by atoms with Crippen molar-refractivity contribution in [2.45, 2.75) is 50.4 Å². The second-order valence-corrected chi connectivity index (χ2v) is 7.88. The Bertz CT molecular complexity index is 1050. The molecule has 150 valence electrons. The predicted octanol–water partition coefficient (Wildman–Crippen LogP) is 6.05. The van der Waals surface area contributed by atoms with E-state index in [4.69, 9.17) is 0 Å². The number of halogens is 2. The molecule has 2 aromatic carbocycles. The molecule has 1 aromatic heterocycles. The SMILES string of the molecule is O=CC(CC(=O)c1ccc(F)cc1F)c1c[nH]c2ccc(C3CCCCC3)cc12. The highest BCUT2D eigenvalue weighted by atomic mass is 19.1. The van der Waals surface area contributed by atoms with Crippen molar-refractivity contribution in [1.82, 2.24) is 4.98 Å². The maximum Gasteiger partial charge on any atom is 0.166 e. The third-order valence-corrected chi connectivity index (χ3v) is 6.01. The number of aromatic nitrogens is 1. The topological polar surface area (TPSA) is 49.9 Å². The molecule has 0 radical (unpaired) electrons. The number of carbonyl (C=O) groups is 2. The highest BCUT2D eigenvalue weighted by Gasteiger charge is 2.23. The summed E-state index contributed by atoms with van der Waals surface area (Å²) in [6.45, 7) is 0. The first kappa shape index (κ1) is 19.5. The lowest BCUT2D eigenvalue weighted by Crippen LogP contribution is -2.10. The number of Topliss-reactive ketones (excluding diaryl/α,β-unsaturated/α-hetero) is 1. The second-order valence-electron chi connectivity index (χ2n) is 7.88. The Balaban J connectivity index is 1.62. The number of aldehydes is 1. The van der Waals surface area contributed by atoms with Crippen molar-refractivity contribution in [1.29, 1.82) is 0 Å². The average Bonchev–Trinajstić information content (AvgIpc) is 3.15. The fraction of sp³-hybridized carbons (Fsp3) is 0.333. The number of hydrogen-bond acceptors (Lipinski definition) is 2. The number of hydrogen-bond donors (Lipinski definition) is 1. The lowest BCUT2D eigenvalue weighted by Gasteiger charge is -2.22. The third-order valence-electron chi connectivity index (χ3n) is 6.01. The van der Waals surface area contributed by atoms with Gasteiger partial charge in [0.2, 0.25) is 0 Å². The monoisotopic (exact) mass is 395 g/mol. The van der Waals surface area contributed by atoms with E-state index in [0.717, 1.165) is 34.9 Å². The van der Waals surface area contributed by atoms with Crippen LogP contribution in [0.3, 0.4) is 0 Å². The number of carbonyl (C=O) groups excluding carboxylic acids is 2. The van der Waals surface area contributed by atoms with Gasteiger partial charge in [-0.3, -0.25) is 4.79 Å². The van der Waals surface area contributed by atoms with Crippen LogP contribution in [-0.4, -0.2) is 17.1 Å². The van der Waals surface area contributed by atoms with Crippen LogP contribution in [0.5, 0.6) is 0 Å². The summed E-state index contributed by atoms with van der Waals surface area (Å²) in [5.41, 5.74) is 2.72. The zero-order valence-electron chi connectivity index (χ0n) is 16.1. The third kappa shape index (κ3) is 4.00. The number of fused-ring (bicyclic) bond motifs is 1. The van der Waals surface area contributed by atoms with Gasteiger partial charge in [-0.25, -0.2) is 8.78 Å². The lowest BCUT2D eigenvalue weighted by atomic mass is 9.83. The first-order valence-corrected chi connectivity index (χ1v) is 10.1. The summed E-state index contributed by atoms with van der Waals surface area (Å²) in [4.78, 5) is 27.6. The minimum absolute atomic E-state index is 0.160.